The van der Waals surface area contributed by atoms with E-state index >= 15 is 0 Å². The minimum Gasteiger partial charge on any atom is -0.480 e. The van der Waals surface area contributed by atoms with E-state index in [1.807, 2.05) is 24.3 Å². The second-order valence-electron chi connectivity index (χ2n) is 10.2. The van der Waals surface area contributed by atoms with Crippen LogP contribution in [0.5, 0.6) is 0 Å². The highest BCUT2D eigenvalue weighted by atomic mass is 16.5. The number of amides is 2. The van der Waals surface area contributed by atoms with E-state index < -0.39 is 17.6 Å². The number of hydrogen-bond acceptors (Lipinski definition) is 4. The molecule has 0 fully saturated rings. The topological polar surface area (TPSA) is 95.9 Å². The monoisotopic (exact) mass is 480 g/mol. The minimum absolute atomic E-state index is 0.0203. The van der Waals surface area contributed by atoms with Crippen LogP contribution in [0.2, 0.25) is 0 Å². The molecule has 1 atom stereocenters. The number of nitrogens with one attached hydrogen (secondary N) is 1. The molecule has 0 radical (unpaired) electrons. The smallest absolute Gasteiger partial charge is 0.407 e. The summed E-state index contributed by atoms with van der Waals surface area (Å²) in [6.45, 7) is 7.61. The van der Waals surface area contributed by atoms with Gasteiger partial charge in [-0.05, 0) is 54.4 Å². The fourth-order valence-corrected chi connectivity index (χ4v) is 4.62. The number of benzene rings is 2. The molecule has 2 aromatic rings. The summed E-state index contributed by atoms with van der Waals surface area (Å²) in [4.78, 5) is 38.1. The van der Waals surface area contributed by atoms with Gasteiger partial charge in [0, 0.05) is 25.9 Å². The molecule has 0 heterocycles. The lowest BCUT2D eigenvalue weighted by molar-refractivity contribution is -0.155. The Morgan fingerprint density at radius 1 is 1.03 bits per heavy atom. The first kappa shape index (κ1) is 26.3. The average Bonchev–Trinajstić information content (AvgIpc) is 3.14. The molecule has 2 N–H and O–H groups in total. The van der Waals surface area contributed by atoms with E-state index in [9.17, 15) is 19.5 Å². The van der Waals surface area contributed by atoms with E-state index in [0.29, 0.717) is 5.92 Å². The van der Waals surface area contributed by atoms with Gasteiger partial charge < -0.3 is 20.1 Å². The highest BCUT2D eigenvalue weighted by Gasteiger charge is 2.36. The zero-order chi connectivity index (χ0) is 25.8. The lowest BCUT2D eigenvalue weighted by Gasteiger charge is -2.33. The van der Waals surface area contributed by atoms with E-state index in [2.05, 4.69) is 43.4 Å². The van der Waals surface area contributed by atoms with Gasteiger partial charge in [-0.3, -0.25) is 4.79 Å². The third kappa shape index (κ3) is 6.02. The third-order valence-electron chi connectivity index (χ3n) is 6.88. The number of alkyl carbamates (subject to hydrolysis) is 1. The van der Waals surface area contributed by atoms with E-state index in [0.717, 1.165) is 17.5 Å². The van der Waals surface area contributed by atoms with E-state index in [1.54, 1.807) is 0 Å². The second-order valence-corrected chi connectivity index (χ2v) is 10.2. The molecule has 35 heavy (non-hydrogen) atoms. The Labute approximate surface area is 207 Å². The number of likely N-dealkylation sites (N-methyl/N-ethyl adjacent to an activating group) is 1. The van der Waals surface area contributed by atoms with Crippen molar-refractivity contribution in [3.63, 3.8) is 0 Å². The zero-order valence-corrected chi connectivity index (χ0v) is 21.2. The summed E-state index contributed by atoms with van der Waals surface area (Å²) >= 11 is 0. The SMILES string of the molecule is CC(C)CC(CNC(=O)OCC1c2ccccc2-c2ccccc21)CC(=O)N(C)C(C)(C)C(=O)O. The van der Waals surface area contributed by atoms with Crippen LogP contribution in [0.1, 0.15) is 57.6 Å². The van der Waals surface area contributed by atoms with Gasteiger partial charge in [-0.15, -0.1) is 0 Å². The molecule has 0 saturated heterocycles. The maximum atomic E-state index is 12.8. The number of aliphatic carboxylic acids is 1. The summed E-state index contributed by atoms with van der Waals surface area (Å²) in [7, 11) is 1.50. The van der Waals surface area contributed by atoms with Crippen molar-refractivity contribution >= 4 is 18.0 Å². The van der Waals surface area contributed by atoms with Gasteiger partial charge in [0.05, 0.1) is 0 Å². The number of carboxylic acids is 1. The summed E-state index contributed by atoms with van der Waals surface area (Å²) in [6.07, 6.45) is 0.346. The molecule has 0 saturated carbocycles. The van der Waals surface area contributed by atoms with Crippen molar-refractivity contribution in [2.45, 2.75) is 52.0 Å². The van der Waals surface area contributed by atoms with Crippen molar-refractivity contribution in [3.05, 3.63) is 59.7 Å². The number of nitrogens with zero attached hydrogens (tertiary/aromatic N) is 1. The Kier molecular flexibility index (Phi) is 8.20. The first-order valence-electron chi connectivity index (χ1n) is 12.1. The molecule has 3 rings (SSSR count). The van der Waals surface area contributed by atoms with E-state index in [1.165, 1.54) is 36.9 Å². The second kappa shape index (κ2) is 10.9. The van der Waals surface area contributed by atoms with Crippen molar-refractivity contribution in [2.24, 2.45) is 11.8 Å². The number of ether oxygens (including phenoxy) is 1. The number of fused-ring (bicyclic) bond motifs is 3. The molecule has 7 heteroatoms. The van der Waals surface area contributed by atoms with Crippen LogP contribution >= 0.6 is 0 Å². The van der Waals surface area contributed by atoms with Crippen LogP contribution in [0.4, 0.5) is 4.79 Å². The maximum absolute atomic E-state index is 12.8. The molecule has 188 valence electrons. The molecular formula is C28H36N2O5. The number of hydrogen-bond donors (Lipinski definition) is 2. The maximum Gasteiger partial charge on any atom is 0.407 e. The van der Waals surface area contributed by atoms with Gasteiger partial charge in [-0.1, -0.05) is 62.4 Å². The third-order valence-corrected chi connectivity index (χ3v) is 6.88. The Morgan fingerprint density at radius 3 is 2.09 bits per heavy atom. The van der Waals surface area contributed by atoms with Crippen LogP contribution in [-0.4, -0.2) is 53.7 Å². The van der Waals surface area contributed by atoms with Gasteiger partial charge in [-0.2, -0.15) is 0 Å². The molecule has 1 aliphatic carbocycles. The van der Waals surface area contributed by atoms with Gasteiger partial charge in [0.15, 0.2) is 0 Å². The molecule has 0 spiro atoms. The van der Waals surface area contributed by atoms with Crippen molar-refractivity contribution in [2.75, 3.05) is 20.2 Å². The number of carboxylic acid groups (broad SMARTS) is 1. The van der Waals surface area contributed by atoms with Gasteiger partial charge in [0.1, 0.15) is 12.1 Å². The van der Waals surface area contributed by atoms with Crippen molar-refractivity contribution in [3.8, 4) is 11.1 Å². The predicted molar refractivity (Wildman–Crippen MR) is 135 cm³/mol. The molecular weight excluding hydrogens is 444 g/mol. The normalized spacial score (nSPS) is 13.7. The van der Waals surface area contributed by atoms with Gasteiger partial charge in [0.2, 0.25) is 5.91 Å². The number of rotatable bonds is 10. The molecule has 1 aliphatic rings. The summed E-state index contributed by atoms with van der Waals surface area (Å²) in [5.74, 6) is -1.17. The largest absolute Gasteiger partial charge is 0.480 e. The highest BCUT2D eigenvalue weighted by molar-refractivity contribution is 5.86. The number of carbonyl (C=O) groups is 3. The fraction of sp³-hybridized carbons (Fsp3) is 0.464. The first-order chi connectivity index (χ1) is 16.5. The molecule has 0 aliphatic heterocycles. The van der Waals surface area contributed by atoms with Crippen molar-refractivity contribution in [1.82, 2.24) is 10.2 Å². The Balaban J connectivity index is 1.59. The van der Waals surface area contributed by atoms with Crippen LogP contribution in [0, 0.1) is 11.8 Å². The molecule has 7 nitrogen and oxygen atoms in total. The average molecular weight is 481 g/mol. The van der Waals surface area contributed by atoms with E-state index in [-0.39, 0.29) is 37.3 Å². The summed E-state index contributed by atoms with van der Waals surface area (Å²) in [5.41, 5.74) is 3.32. The minimum atomic E-state index is -1.31. The van der Waals surface area contributed by atoms with Gasteiger partial charge in [0.25, 0.3) is 0 Å². The molecule has 2 amide bonds. The lowest BCUT2D eigenvalue weighted by atomic mass is 9.92. The Bertz CT molecular complexity index is 1030. The van der Waals surface area contributed by atoms with Crippen LogP contribution in [0.25, 0.3) is 11.1 Å². The molecule has 0 bridgehead atoms. The zero-order valence-electron chi connectivity index (χ0n) is 21.2. The fourth-order valence-electron chi connectivity index (χ4n) is 4.62. The molecule has 2 aromatic carbocycles. The Hall–Kier alpha value is -3.35. The molecule has 0 aromatic heterocycles. The van der Waals surface area contributed by atoms with Crippen LogP contribution < -0.4 is 5.32 Å². The number of carbonyl (C=O) groups excluding carboxylic acids is 2. The van der Waals surface area contributed by atoms with Crippen LogP contribution in [0.3, 0.4) is 0 Å². The predicted octanol–water partition coefficient (Wildman–Crippen LogP) is 4.90. The molecule has 1 unspecified atom stereocenters. The van der Waals surface area contributed by atoms with Crippen molar-refractivity contribution in [1.29, 1.82) is 0 Å². The first-order valence-corrected chi connectivity index (χ1v) is 12.1. The van der Waals surface area contributed by atoms with Crippen LogP contribution in [0.15, 0.2) is 48.5 Å². The summed E-state index contributed by atoms with van der Waals surface area (Å²) < 4.78 is 5.61. The van der Waals surface area contributed by atoms with Gasteiger partial charge >= 0.3 is 12.1 Å². The summed E-state index contributed by atoms with van der Waals surface area (Å²) in [5, 5.41) is 12.2. The van der Waals surface area contributed by atoms with Gasteiger partial charge in [-0.25, -0.2) is 9.59 Å². The quantitative estimate of drug-likeness (QED) is 0.504. The summed E-state index contributed by atoms with van der Waals surface area (Å²) in [6, 6.07) is 16.3. The highest BCUT2D eigenvalue weighted by Crippen LogP contribution is 2.44. The van der Waals surface area contributed by atoms with Crippen molar-refractivity contribution < 1.29 is 24.2 Å². The standard InChI is InChI=1S/C28H36N2O5/c1-18(2)14-19(15-25(31)30(5)28(3,4)26(32)33)16-29-27(34)35-17-24-22-12-8-6-10-20(22)21-11-7-9-13-23(21)24/h6-13,18-19,24H,14-17H2,1-5H3,(H,29,34)(H,32,33). The lowest BCUT2D eigenvalue weighted by Crippen LogP contribution is -2.51. The Morgan fingerprint density at radius 2 is 1.57 bits per heavy atom. The van der Waals surface area contributed by atoms with Crippen LogP contribution in [-0.2, 0) is 14.3 Å². The van der Waals surface area contributed by atoms with E-state index in [4.69, 9.17) is 4.74 Å².